The number of hydrogen-bond donors (Lipinski definition) is 3. The number of sulfonamides is 1. The van der Waals surface area contributed by atoms with Crippen LogP contribution in [0.2, 0.25) is 0 Å². The largest absolute Gasteiger partial charge is 0.350 e. The Labute approximate surface area is 201 Å². The number of nitrogens with zero attached hydrogens (tertiary/aromatic N) is 2. The summed E-state index contributed by atoms with van der Waals surface area (Å²) < 4.78 is 25.5. The normalized spacial score (nSPS) is 17.9. The molecule has 2 atom stereocenters. The number of nitrogens with two attached hydrogens (primary N) is 2. The van der Waals surface area contributed by atoms with Crippen LogP contribution in [0.15, 0.2) is 54.6 Å². The molecule has 1 saturated heterocycles. The fourth-order valence-electron chi connectivity index (χ4n) is 3.95. The molecule has 0 bridgehead atoms. The van der Waals surface area contributed by atoms with Crippen LogP contribution in [0.25, 0.3) is 0 Å². The minimum absolute atomic E-state index is 0.103. The van der Waals surface area contributed by atoms with Crippen LogP contribution in [0.1, 0.15) is 23.1 Å². The lowest BCUT2D eigenvalue weighted by atomic mass is 10.0. The first-order chi connectivity index (χ1) is 16.2. The molecule has 10 heteroatoms. The molecule has 2 aromatic carbocycles. The molecule has 0 saturated carbocycles. The van der Waals surface area contributed by atoms with Crippen LogP contribution < -0.4 is 16.8 Å². The van der Waals surface area contributed by atoms with Gasteiger partial charge in [0.1, 0.15) is 6.04 Å². The Hall–Kier alpha value is -2.79. The van der Waals surface area contributed by atoms with Crippen LogP contribution in [-0.2, 0) is 39.1 Å². The fourth-order valence-corrected chi connectivity index (χ4v) is 4.78. The van der Waals surface area contributed by atoms with Crippen molar-refractivity contribution in [3.05, 3.63) is 71.3 Å². The smallest absolute Gasteiger partial charge is 0.244 e. The number of nitrogens with one attached hydrogen (secondary N) is 1. The van der Waals surface area contributed by atoms with Gasteiger partial charge >= 0.3 is 0 Å². The molecule has 9 nitrogen and oxygen atoms in total. The van der Waals surface area contributed by atoms with E-state index in [9.17, 15) is 18.0 Å². The van der Waals surface area contributed by atoms with Gasteiger partial charge in [-0.05, 0) is 29.5 Å². The molecule has 1 aliphatic rings. The third-order valence-electron chi connectivity index (χ3n) is 6.03. The molecule has 0 aromatic heterocycles. The zero-order valence-electron chi connectivity index (χ0n) is 19.4. The minimum Gasteiger partial charge on any atom is -0.350 e. The molecule has 1 aliphatic heterocycles. The third-order valence-corrected chi connectivity index (χ3v) is 7.30. The van der Waals surface area contributed by atoms with E-state index in [0.29, 0.717) is 19.4 Å². The van der Waals surface area contributed by atoms with Gasteiger partial charge in [0.15, 0.2) is 0 Å². The number of benzene rings is 2. The number of rotatable bonds is 9. The summed E-state index contributed by atoms with van der Waals surface area (Å²) in [5.41, 5.74) is 14.7. The van der Waals surface area contributed by atoms with Crippen LogP contribution in [0, 0.1) is 0 Å². The van der Waals surface area contributed by atoms with Crippen molar-refractivity contribution in [3.8, 4) is 0 Å². The number of hydrogen-bond acceptors (Lipinski definition) is 6. The van der Waals surface area contributed by atoms with Crippen LogP contribution in [0.3, 0.4) is 0 Å². The molecule has 2 aromatic rings. The molecular weight excluding hydrogens is 454 g/mol. The standard InChI is InChI=1S/C24H33N5O4S/c1-34(32,33)28-13-14-29(24(31)21(26)12-11-18-5-3-2-4-6-18)22(17-28)23(30)27-16-20-9-7-19(15-25)8-10-20/h2-10,21-22H,11-17,25-26H2,1H3,(H,27,30)/t21?,22-/m0/s1. The highest BCUT2D eigenvalue weighted by molar-refractivity contribution is 7.88. The van der Waals surface area contributed by atoms with Crippen molar-refractivity contribution in [2.24, 2.45) is 11.5 Å². The highest BCUT2D eigenvalue weighted by atomic mass is 32.2. The summed E-state index contributed by atoms with van der Waals surface area (Å²) in [5, 5.41) is 2.83. The van der Waals surface area contributed by atoms with Crippen molar-refractivity contribution in [1.82, 2.24) is 14.5 Å². The molecule has 0 aliphatic carbocycles. The van der Waals surface area contributed by atoms with E-state index in [4.69, 9.17) is 11.5 Å². The van der Waals surface area contributed by atoms with Gasteiger partial charge in [0.2, 0.25) is 21.8 Å². The fraction of sp³-hybridized carbons (Fsp3) is 0.417. The Bertz CT molecular complexity index is 1080. The zero-order valence-corrected chi connectivity index (χ0v) is 20.2. The number of aryl methyl sites for hydroxylation is 1. The molecule has 5 N–H and O–H groups in total. The van der Waals surface area contributed by atoms with Gasteiger partial charge in [-0.1, -0.05) is 54.6 Å². The summed E-state index contributed by atoms with van der Waals surface area (Å²) in [6.45, 7) is 0.807. The molecule has 3 rings (SSSR count). The van der Waals surface area contributed by atoms with Gasteiger partial charge in [0.25, 0.3) is 0 Å². The van der Waals surface area contributed by atoms with E-state index in [2.05, 4.69) is 5.32 Å². The first-order valence-corrected chi connectivity index (χ1v) is 13.1. The van der Waals surface area contributed by atoms with Gasteiger partial charge in [0.05, 0.1) is 12.3 Å². The van der Waals surface area contributed by atoms with Crippen molar-refractivity contribution in [2.45, 2.75) is 38.0 Å². The van der Waals surface area contributed by atoms with Crippen molar-refractivity contribution in [3.63, 3.8) is 0 Å². The minimum atomic E-state index is -3.51. The molecule has 1 heterocycles. The molecule has 1 fully saturated rings. The second kappa shape index (κ2) is 11.6. The van der Waals surface area contributed by atoms with E-state index >= 15 is 0 Å². The van der Waals surface area contributed by atoms with Gasteiger partial charge in [-0.3, -0.25) is 9.59 Å². The summed E-state index contributed by atoms with van der Waals surface area (Å²) in [5.74, 6) is -0.767. The zero-order chi connectivity index (χ0) is 24.7. The second-order valence-electron chi connectivity index (χ2n) is 8.54. The van der Waals surface area contributed by atoms with Crippen LogP contribution in [0.4, 0.5) is 0 Å². The summed E-state index contributed by atoms with van der Waals surface area (Å²) in [7, 11) is -3.51. The Morgan fingerprint density at radius 2 is 1.68 bits per heavy atom. The lowest BCUT2D eigenvalue weighted by Gasteiger charge is -2.40. The number of piperazine rings is 1. The maximum atomic E-state index is 13.2. The SMILES string of the molecule is CS(=O)(=O)N1CCN(C(=O)C(N)CCc2ccccc2)[C@H](C(=O)NCc2ccc(CN)cc2)C1. The van der Waals surface area contributed by atoms with Crippen molar-refractivity contribution in [2.75, 3.05) is 25.9 Å². The highest BCUT2D eigenvalue weighted by Gasteiger charge is 2.39. The van der Waals surface area contributed by atoms with Crippen LogP contribution >= 0.6 is 0 Å². The monoisotopic (exact) mass is 487 g/mol. The molecule has 2 amide bonds. The van der Waals surface area contributed by atoms with Gasteiger partial charge in [-0.15, -0.1) is 0 Å². The van der Waals surface area contributed by atoms with Crippen LogP contribution in [-0.4, -0.2) is 67.4 Å². The lowest BCUT2D eigenvalue weighted by Crippen LogP contribution is -2.63. The van der Waals surface area contributed by atoms with Gasteiger partial charge in [0, 0.05) is 32.7 Å². The number of carbonyl (C=O) groups excluding carboxylic acids is 2. The average Bonchev–Trinajstić information content (AvgIpc) is 2.85. The van der Waals surface area contributed by atoms with E-state index in [1.807, 2.05) is 54.6 Å². The Balaban J connectivity index is 1.68. The van der Waals surface area contributed by atoms with E-state index in [-0.39, 0.29) is 32.1 Å². The maximum Gasteiger partial charge on any atom is 0.244 e. The van der Waals surface area contributed by atoms with E-state index < -0.39 is 28.0 Å². The van der Waals surface area contributed by atoms with Gasteiger partial charge in [-0.25, -0.2) is 8.42 Å². The van der Waals surface area contributed by atoms with Crippen molar-refractivity contribution in [1.29, 1.82) is 0 Å². The van der Waals surface area contributed by atoms with Crippen molar-refractivity contribution < 1.29 is 18.0 Å². The van der Waals surface area contributed by atoms with E-state index in [0.717, 1.165) is 22.9 Å². The Morgan fingerprint density at radius 3 is 2.29 bits per heavy atom. The number of amides is 2. The molecule has 0 spiro atoms. The topological polar surface area (TPSA) is 139 Å². The second-order valence-corrected chi connectivity index (χ2v) is 10.5. The summed E-state index contributed by atoms with van der Waals surface area (Å²) in [6, 6.07) is 15.5. The van der Waals surface area contributed by atoms with E-state index in [1.54, 1.807) is 0 Å². The summed E-state index contributed by atoms with van der Waals surface area (Å²) in [6.07, 6.45) is 2.16. The average molecular weight is 488 g/mol. The first-order valence-electron chi connectivity index (χ1n) is 11.3. The molecule has 1 unspecified atom stereocenters. The van der Waals surface area contributed by atoms with Gasteiger partial charge in [-0.2, -0.15) is 4.31 Å². The van der Waals surface area contributed by atoms with E-state index in [1.165, 1.54) is 9.21 Å². The molecule has 184 valence electrons. The lowest BCUT2D eigenvalue weighted by molar-refractivity contribution is -0.144. The highest BCUT2D eigenvalue weighted by Crippen LogP contribution is 2.16. The predicted octanol–water partition coefficient (Wildman–Crippen LogP) is 0.194. The summed E-state index contributed by atoms with van der Waals surface area (Å²) >= 11 is 0. The number of carbonyl (C=O) groups is 2. The maximum absolute atomic E-state index is 13.2. The first kappa shape index (κ1) is 25.8. The molecular formula is C24H33N5O4S. The van der Waals surface area contributed by atoms with Crippen molar-refractivity contribution >= 4 is 21.8 Å². The summed E-state index contributed by atoms with van der Waals surface area (Å²) in [4.78, 5) is 27.7. The van der Waals surface area contributed by atoms with Crippen LogP contribution in [0.5, 0.6) is 0 Å². The quantitative estimate of drug-likeness (QED) is 0.462. The Kier molecular flexibility index (Phi) is 8.78. The molecule has 34 heavy (non-hydrogen) atoms. The Morgan fingerprint density at radius 1 is 1.03 bits per heavy atom. The van der Waals surface area contributed by atoms with Gasteiger partial charge < -0.3 is 21.7 Å². The molecule has 0 radical (unpaired) electrons. The third kappa shape index (κ3) is 6.86. The predicted molar refractivity (Wildman–Crippen MR) is 131 cm³/mol.